The summed E-state index contributed by atoms with van der Waals surface area (Å²) in [6, 6.07) is 13.9. The van der Waals surface area contributed by atoms with Gasteiger partial charge in [0.05, 0.1) is 11.9 Å². The second kappa shape index (κ2) is 7.15. The van der Waals surface area contributed by atoms with Crippen molar-refractivity contribution in [2.75, 3.05) is 0 Å². The summed E-state index contributed by atoms with van der Waals surface area (Å²) < 4.78 is 7.45. The van der Waals surface area contributed by atoms with Crippen molar-refractivity contribution in [2.24, 2.45) is 0 Å². The predicted molar refractivity (Wildman–Crippen MR) is 94.1 cm³/mol. The van der Waals surface area contributed by atoms with E-state index in [0.29, 0.717) is 22.9 Å². The molecular weight excluding hydrogens is 324 g/mol. The Hall–Kier alpha value is -2.85. The van der Waals surface area contributed by atoms with E-state index in [-0.39, 0.29) is 0 Å². The Balaban J connectivity index is 1.80. The van der Waals surface area contributed by atoms with E-state index in [2.05, 4.69) is 11.6 Å². The van der Waals surface area contributed by atoms with Crippen LogP contribution in [0.1, 0.15) is 15.9 Å². The summed E-state index contributed by atoms with van der Waals surface area (Å²) >= 11 is 5.84. The smallest absolute Gasteiger partial charge is 0.343 e. The molecule has 1 heterocycles. The number of rotatable bonds is 5. The Morgan fingerprint density at radius 2 is 1.92 bits per heavy atom. The van der Waals surface area contributed by atoms with Crippen molar-refractivity contribution in [3.63, 3.8) is 0 Å². The third kappa shape index (κ3) is 3.73. The van der Waals surface area contributed by atoms with Crippen LogP contribution in [0, 0.1) is 0 Å². The highest BCUT2D eigenvalue weighted by Gasteiger charge is 2.13. The van der Waals surface area contributed by atoms with Crippen LogP contribution in [-0.4, -0.2) is 15.5 Å². The molecule has 1 aromatic heterocycles. The maximum atomic E-state index is 12.3. The van der Waals surface area contributed by atoms with Gasteiger partial charge in [0, 0.05) is 29.5 Å². The number of benzene rings is 2. The molecule has 0 aliphatic rings. The number of aromatic nitrogens is 2. The van der Waals surface area contributed by atoms with Gasteiger partial charge in [-0.15, -0.1) is 0 Å². The van der Waals surface area contributed by atoms with Gasteiger partial charge in [-0.25, -0.2) is 9.78 Å². The minimum Gasteiger partial charge on any atom is -0.422 e. The van der Waals surface area contributed by atoms with Crippen LogP contribution in [0.3, 0.4) is 0 Å². The third-order valence-corrected chi connectivity index (χ3v) is 3.74. The summed E-state index contributed by atoms with van der Waals surface area (Å²) in [5, 5.41) is 0.570. The number of imidazole rings is 1. The van der Waals surface area contributed by atoms with Gasteiger partial charge in [0.25, 0.3) is 0 Å². The van der Waals surface area contributed by atoms with E-state index in [1.165, 1.54) is 0 Å². The van der Waals surface area contributed by atoms with Gasteiger partial charge in [0.2, 0.25) is 0 Å². The molecule has 2 aromatic carbocycles. The molecule has 0 radical (unpaired) electrons. The van der Waals surface area contributed by atoms with Crippen LogP contribution in [0.4, 0.5) is 0 Å². The van der Waals surface area contributed by atoms with Gasteiger partial charge in [-0.1, -0.05) is 36.4 Å². The van der Waals surface area contributed by atoms with Crippen molar-refractivity contribution in [3.05, 3.63) is 90.0 Å². The van der Waals surface area contributed by atoms with Crippen molar-refractivity contribution in [2.45, 2.75) is 6.54 Å². The fourth-order valence-electron chi connectivity index (χ4n) is 2.28. The van der Waals surface area contributed by atoms with E-state index in [9.17, 15) is 4.79 Å². The molecule has 0 amide bonds. The lowest BCUT2D eigenvalue weighted by molar-refractivity contribution is 0.0734. The van der Waals surface area contributed by atoms with Crippen LogP contribution in [0.2, 0.25) is 5.02 Å². The molecule has 0 unspecified atom stereocenters. The molecule has 0 aliphatic heterocycles. The largest absolute Gasteiger partial charge is 0.422 e. The lowest BCUT2D eigenvalue weighted by Gasteiger charge is -2.12. The third-order valence-electron chi connectivity index (χ3n) is 3.48. The number of esters is 1. The SMILES string of the molecule is C=C(Cn1ccnc1)c1ccccc1OC(=O)c1ccc(Cl)cc1. The van der Waals surface area contributed by atoms with Crippen LogP contribution in [0.25, 0.3) is 5.57 Å². The predicted octanol–water partition coefficient (Wildman–Crippen LogP) is 4.47. The molecule has 24 heavy (non-hydrogen) atoms. The van der Waals surface area contributed by atoms with Crippen LogP contribution >= 0.6 is 11.6 Å². The lowest BCUT2D eigenvalue weighted by Crippen LogP contribution is -2.10. The van der Waals surface area contributed by atoms with E-state index in [4.69, 9.17) is 16.3 Å². The molecule has 0 aliphatic carbocycles. The molecule has 0 saturated heterocycles. The van der Waals surface area contributed by atoms with Crippen LogP contribution in [0.15, 0.2) is 73.8 Å². The summed E-state index contributed by atoms with van der Waals surface area (Å²) in [4.78, 5) is 16.3. The topological polar surface area (TPSA) is 44.1 Å². The first-order chi connectivity index (χ1) is 11.6. The molecule has 3 aromatic rings. The van der Waals surface area contributed by atoms with Gasteiger partial charge >= 0.3 is 5.97 Å². The van der Waals surface area contributed by atoms with Gasteiger partial charge in [-0.3, -0.25) is 0 Å². The standard InChI is InChI=1S/C19H15ClN2O2/c1-14(12-22-11-10-21-13-22)17-4-2-3-5-18(17)24-19(23)15-6-8-16(20)9-7-15/h2-11,13H,1,12H2. The highest BCUT2D eigenvalue weighted by atomic mass is 35.5. The van der Waals surface area contributed by atoms with Crippen LogP contribution < -0.4 is 4.74 Å². The fourth-order valence-corrected chi connectivity index (χ4v) is 2.40. The summed E-state index contributed by atoms with van der Waals surface area (Å²) in [7, 11) is 0. The zero-order valence-electron chi connectivity index (χ0n) is 12.9. The van der Waals surface area contributed by atoms with Crippen LogP contribution in [0.5, 0.6) is 5.75 Å². The molecular formula is C19H15ClN2O2. The Bertz CT molecular complexity index is 855. The lowest BCUT2D eigenvalue weighted by atomic mass is 10.1. The number of carbonyl (C=O) groups is 1. The minimum atomic E-state index is -0.436. The minimum absolute atomic E-state index is 0.436. The van der Waals surface area contributed by atoms with Gasteiger partial charge in [-0.2, -0.15) is 0 Å². The number of nitrogens with zero attached hydrogens (tertiary/aromatic N) is 2. The maximum Gasteiger partial charge on any atom is 0.343 e. The highest BCUT2D eigenvalue weighted by Crippen LogP contribution is 2.27. The van der Waals surface area contributed by atoms with E-state index in [0.717, 1.165) is 11.1 Å². The van der Waals surface area contributed by atoms with Crippen molar-refractivity contribution in [1.29, 1.82) is 0 Å². The van der Waals surface area contributed by atoms with Gasteiger partial charge in [-0.05, 0) is 35.9 Å². The van der Waals surface area contributed by atoms with E-state index in [1.54, 1.807) is 42.9 Å². The normalized spacial score (nSPS) is 10.4. The summed E-state index contributed by atoms with van der Waals surface area (Å²) in [6.45, 7) is 4.66. The molecule has 0 N–H and O–H groups in total. The second-order valence-corrected chi connectivity index (χ2v) is 5.67. The first-order valence-electron chi connectivity index (χ1n) is 7.34. The summed E-state index contributed by atoms with van der Waals surface area (Å²) in [6.07, 6.45) is 5.28. The molecule has 0 spiro atoms. The average molecular weight is 339 g/mol. The van der Waals surface area contributed by atoms with E-state index in [1.807, 2.05) is 29.0 Å². The maximum absolute atomic E-state index is 12.3. The van der Waals surface area contributed by atoms with Crippen molar-refractivity contribution >= 4 is 23.1 Å². The molecule has 5 heteroatoms. The zero-order chi connectivity index (χ0) is 16.9. The summed E-state index contributed by atoms with van der Waals surface area (Å²) in [5.41, 5.74) is 2.05. The second-order valence-electron chi connectivity index (χ2n) is 5.23. The number of halogens is 1. The molecule has 0 fully saturated rings. The number of carbonyl (C=O) groups excluding carboxylic acids is 1. The number of para-hydroxylation sites is 1. The quantitative estimate of drug-likeness (QED) is 0.509. The molecule has 120 valence electrons. The number of allylic oxidation sites excluding steroid dienone is 1. The highest BCUT2D eigenvalue weighted by molar-refractivity contribution is 6.30. The molecule has 0 bridgehead atoms. The first-order valence-corrected chi connectivity index (χ1v) is 7.72. The van der Waals surface area contributed by atoms with Crippen molar-refractivity contribution in [1.82, 2.24) is 9.55 Å². The molecule has 3 rings (SSSR count). The Labute approximate surface area is 145 Å². The van der Waals surface area contributed by atoms with Crippen molar-refractivity contribution < 1.29 is 9.53 Å². The Morgan fingerprint density at radius 1 is 1.17 bits per heavy atom. The first kappa shape index (κ1) is 16.0. The van der Waals surface area contributed by atoms with Gasteiger partial charge in [0.1, 0.15) is 5.75 Å². The van der Waals surface area contributed by atoms with E-state index >= 15 is 0 Å². The van der Waals surface area contributed by atoms with Gasteiger partial charge < -0.3 is 9.30 Å². The zero-order valence-corrected chi connectivity index (χ0v) is 13.6. The van der Waals surface area contributed by atoms with Gasteiger partial charge in [0.15, 0.2) is 0 Å². The summed E-state index contributed by atoms with van der Waals surface area (Å²) in [5.74, 6) is 0.0390. The van der Waals surface area contributed by atoms with Crippen molar-refractivity contribution in [3.8, 4) is 5.75 Å². The average Bonchev–Trinajstić information content (AvgIpc) is 3.09. The molecule has 0 saturated carbocycles. The fraction of sp³-hybridized carbons (Fsp3) is 0.0526. The Kier molecular flexibility index (Phi) is 4.77. The number of ether oxygens (including phenoxy) is 1. The number of hydrogen-bond donors (Lipinski definition) is 0. The molecule has 4 nitrogen and oxygen atoms in total. The monoisotopic (exact) mass is 338 g/mol. The Morgan fingerprint density at radius 3 is 2.62 bits per heavy atom. The molecule has 0 atom stereocenters. The van der Waals surface area contributed by atoms with Crippen LogP contribution in [-0.2, 0) is 6.54 Å². The van der Waals surface area contributed by atoms with E-state index < -0.39 is 5.97 Å². The number of hydrogen-bond acceptors (Lipinski definition) is 3.